The van der Waals surface area contributed by atoms with Crippen molar-refractivity contribution in [1.29, 1.82) is 0 Å². The van der Waals surface area contributed by atoms with Gasteiger partial charge in [0.05, 0.1) is 37.7 Å². The highest BCUT2D eigenvalue weighted by Crippen LogP contribution is 2.38. The first-order valence-electron chi connectivity index (χ1n) is 13.2. The number of methoxy groups -OCH3 is 2. The van der Waals surface area contributed by atoms with Crippen LogP contribution in [0.25, 0.3) is 10.8 Å². The van der Waals surface area contributed by atoms with Crippen LogP contribution in [0.1, 0.15) is 16.8 Å². The number of rotatable bonds is 8. The molecule has 1 saturated heterocycles. The Balaban J connectivity index is 1.32. The molecule has 0 unspecified atom stereocenters. The molecule has 11 heteroatoms. The summed E-state index contributed by atoms with van der Waals surface area (Å²) in [7, 11) is 3.17. The van der Waals surface area contributed by atoms with Crippen molar-refractivity contribution < 1.29 is 27.4 Å². The molecule has 3 aromatic carbocycles. The lowest BCUT2D eigenvalue weighted by molar-refractivity contribution is -0.137. The Morgan fingerprint density at radius 3 is 2.17 bits per heavy atom. The summed E-state index contributed by atoms with van der Waals surface area (Å²) in [6.45, 7) is 2.14. The minimum atomic E-state index is -4.55. The number of nitrogens with one attached hydrogen (secondary N) is 1. The standard InChI is InChI=1S/C30H30F3N5O3/c1-40-26-17-21-22(18-27(26)41-2)29(36-35-25(21)16-20-8-4-3-5-9-20)38-14-12-37(13-15-38)19-28(39)34-24-11-7-6-10-23(24)30(31,32)33/h3-11,17-18H,12-16,19H2,1-2H3,(H,34,39). The Hall–Kier alpha value is -4.38. The first kappa shape index (κ1) is 28.2. The van der Waals surface area contributed by atoms with E-state index in [9.17, 15) is 18.0 Å². The number of hydrogen-bond donors (Lipinski definition) is 1. The second-order valence-corrected chi connectivity index (χ2v) is 9.74. The molecule has 1 aliphatic heterocycles. The number of piperazine rings is 1. The Bertz CT molecular complexity index is 1520. The highest BCUT2D eigenvalue weighted by atomic mass is 19.4. The Kier molecular flexibility index (Phi) is 8.25. The van der Waals surface area contributed by atoms with E-state index in [1.54, 1.807) is 14.2 Å². The van der Waals surface area contributed by atoms with E-state index in [2.05, 4.69) is 20.4 Å². The molecule has 0 aliphatic carbocycles. The van der Waals surface area contributed by atoms with E-state index in [-0.39, 0.29) is 12.2 Å². The molecule has 0 bridgehead atoms. The molecule has 0 radical (unpaired) electrons. The molecular formula is C30H30F3N5O3. The highest BCUT2D eigenvalue weighted by molar-refractivity contribution is 5.96. The van der Waals surface area contributed by atoms with E-state index in [0.29, 0.717) is 49.9 Å². The van der Waals surface area contributed by atoms with Gasteiger partial charge in [-0.15, -0.1) is 5.10 Å². The number of carbonyl (C=O) groups excluding carboxylic acids is 1. The van der Waals surface area contributed by atoms with E-state index in [1.165, 1.54) is 18.2 Å². The fourth-order valence-electron chi connectivity index (χ4n) is 5.02. The third-order valence-corrected chi connectivity index (χ3v) is 7.10. The van der Waals surface area contributed by atoms with Crippen molar-refractivity contribution in [3.05, 3.63) is 83.6 Å². The number of hydrogen-bond acceptors (Lipinski definition) is 7. The number of carbonyl (C=O) groups is 1. The molecule has 1 N–H and O–H groups in total. The molecule has 5 rings (SSSR count). The van der Waals surface area contributed by atoms with Gasteiger partial charge in [-0.05, 0) is 29.8 Å². The predicted octanol–water partition coefficient (Wildman–Crippen LogP) is 5.02. The van der Waals surface area contributed by atoms with Crippen LogP contribution >= 0.6 is 0 Å². The van der Waals surface area contributed by atoms with Gasteiger partial charge in [-0.25, -0.2) is 0 Å². The molecule has 214 valence electrons. The van der Waals surface area contributed by atoms with Crippen molar-refractivity contribution in [1.82, 2.24) is 15.1 Å². The highest BCUT2D eigenvalue weighted by Gasteiger charge is 2.33. The third kappa shape index (κ3) is 6.35. The molecule has 4 aromatic rings. The Morgan fingerprint density at radius 1 is 0.878 bits per heavy atom. The maximum absolute atomic E-state index is 13.3. The van der Waals surface area contributed by atoms with Crippen molar-refractivity contribution in [3.8, 4) is 11.5 Å². The van der Waals surface area contributed by atoms with E-state index in [0.717, 1.165) is 28.1 Å². The topological polar surface area (TPSA) is 79.8 Å². The van der Waals surface area contributed by atoms with Crippen LogP contribution in [0.2, 0.25) is 0 Å². The molecule has 0 atom stereocenters. The predicted molar refractivity (Wildman–Crippen MR) is 151 cm³/mol. The van der Waals surface area contributed by atoms with Crippen LogP contribution in [-0.4, -0.2) is 67.9 Å². The second-order valence-electron chi connectivity index (χ2n) is 9.74. The van der Waals surface area contributed by atoms with Crippen LogP contribution in [0, 0.1) is 0 Å². The van der Waals surface area contributed by atoms with Crippen LogP contribution in [0.3, 0.4) is 0 Å². The second kappa shape index (κ2) is 12.0. The summed E-state index contributed by atoms with van der Waals surface area (Å²) in [5.74, 6) is 1.37. The van der Waals surface area contributed by atoms with Crippen molar-refractivity contribution in [3.63, 3.8) is 0 Å². The number of amides is 1. The van der Waals surface area contributed by atoms with Gasteiger partial charge in [-0.2, -0.15) is 18.3 Å². The zero-order chi connectivity index (χ0) is 29.0. The van der Waals surface area contributed by atoms with E-state index >= 15 is 0 Å². The number of alkyl halides is 3. The lowest BCUT2D eigenvalue weighted by Gasteiger charge is -2.35. The number of benzene rings is 3. The third-order valence-electron chi connectivity index (χ3n) is 7.10. The fraction of sp³-hybridized carbons (Fsp3) is 0.300. The lowest BCUT2D eigenvalue weighted by atomic mass is 10.0. The van der Waals surface area contributed by atoms with Gasteiger partial charge in [0, 0.05) is 43.4 Å². The molecule has 1 fully saturated rings. The summed E-state index contributed by atoms with van der Waals surface area (Å²) in [6, 6.07) is 18.8. The summed E-state index contributed by atoms with van der Waals surface area (Å²) in [5, 5.41) is 13.4. The number of aromatic nitrogens is 2. The van der Waals surface area contributed by atoms with Gasteiger partial charge in [0.25, 0.3) is 0 Å². The minimum absolute atomic E-state index is 0.0203. The van der Waals surface area contributed by atoms with Crippen LogP contribution < -0.4 is 19.7 Å². The fourth-order valence-corrected chi connectivity index (χ4v) is 5.02. The summed E-state index contributed by atoms with van der Waals surface area (Å²) < 4.78 is 51.0. The van der Waals surface area contributed by atoms with Crippen molar-refractivity contribution in [2.45, 2.75) is 12.6 Å². The molecule has 1 aromatic heterocycles. The number of halogens is 3. The maximum Gasteiger partial charge on any atom is 0.418 e. The monoisotopic (exact) mass is 565 g/mol. The van der Waals surface area contributed by atoms with Crippen molar-refractivity contribution in [2.75, 3.05) is 57.2 Å². The molecule has 1 amide bonds. The quantitative estimate of drug-likeness (QED) is 0.322. The molecule has 1 aliphatic rings. The smallest absolute Gasteiger partial charge is 0.418 e. The van der Waals surface area contributed by atoms with Gasteiger partial charge in [0.15, 0.2) is 17.3 Å². The molecule has 8 nitrogen and oxygen atoms in total. The number of anilines is 2. The van der Waals surface area contributed by atoms with Crippen molar-refractivity contribution in [2.24, 2.45) is 0 Å². The Labute approximate surface area is 235 Å². The number of fused-ring (bicyclic) bond motifs is 1. The van der Waals surface area contributed by atoms with E-state index in [1.807, 2.05) is 47.4 Å². The van der Waals surface area contributed by atoms with Crippen LogP contribution in [-0.2, 0) is 17.4 Å². The van der Waals surface area contributed by atoms with Crippen molar-refractivity contribution >= 4 is 28.2 Å². The molecule has 0 saturated carbocycles. The summed E-state index contributed by atoms with van der Waals surface area (Å²) in [6.07, 6.45) is -3.96. The van der Waals surface area contributed by atoms with Gasteiger partial charge in [-0.3, -0.25) is 9.69 Å². The first-order chi connectivity index (χ1) is 19.8. The molecule has 2 heterocycles. The summed E-state index contributed by atoms with van der Waals surface area (Å²) in [4.78, 5) is 16.6. The van der Waals surface area contributed by atoms with Gasteiger partial charge in [-0.1, -0.05) is 42.5 Å². The summed E-state index contributed by atoms with van der Waals surface area (Å²) >= 11 is 0. The van der Waals surface area contributed by atoms with E-state index in [4.69, 9.17) is 9.47 Å². The van der Waals surface area contributed by atoms with E-state index < -0.39 is 17.6 Å². The average molecular weight is 566 g/mol. The molecular weight excluding hydrogens is 535 g/mol. The average Bonchev–Trinajstić information content (AvgIpc) is 2.97. The summed E-state index contributed by atoms with van der Waals surface area (Å²) in [5.41, 5.74) is 0.803. The van der Waals surface area contributed by atoms with Crippen LogP contribution in [0.4, 0.5) is 24.7 Å². The van der Waals surface area contributed by atoms with Gasteiger partial charge < -0.3 is 19.7 Å². The molecule has 0 spiro atoms. The normalized spacial score (nSPS) is 14.2. The largest absolute Gasteiger partial charge is 0.493 e. The SMILES string of the molecule is COc1cc2c(Cc3ccccc3)nnc(N3CCN(CC(=O)Nc4ccccc4C(F)(F)F)CC3)c2cc1OC. The number of ether oxygens (including phenoxy) is 2. The number of para-hydroxylation sites is 1. The lowest BCUT2D eigenvalue weighted by Crippen LogP contribution is -2.49. The van der Waals surface area contributed by atoms with Crippen LogP contribution in [0.15, 0.2) is 66.7 Å². The molecule has 41 heavy (non-hydrogen) atoms. The zero-order valence-corrected chi connectivity index (χ0v) is 22.7. The van der Waals surface area contributed by atoms with Gasteiger partial charge in [0.2, 0.25) is 5.91 Å². The number of nitrogens with zero attached hydrogens (tertiary/aromatic N) is 4. The first-order valence-corrected chi connectivity index (χ1v) is 13.2. The maximum atomic E-state index is 13.3. The van der Waals surface area contributed by atoms with Gasteiger partial charge >= 0.3 is 6.18 Å². The van der Waals surface area contributed by atoms with Gasteiger partial charge in [0.1, 0.15) is 0 Å². The van der Waals surface area contributed by atoms with Crippen LogP contribution in [0.5, 0.6) is 11.5 Å². The zero-order valence-electron chi connectivity index (χ0n) is 22.7. The minimum Gasteiger partial charge on any atom is -0.493 e. The Morgan fingerprint density at radius 2 is 1.51 bits per heavy atom.